The molecule has 12 nitrogen and oxygen atoms in total. The van der Waals surface area contributed by atoms with Gasteiger partial charge >= 0.3 is 0 Å². The number of methoxy groups -OCH3 is 1. The van der Waals surface area contributed by atoms with Crippen LogP contribution in [-0.2, 0) is 11.3 Å². The number of pyridine rings is 1. The van der Waals surface area contributed by atoms with Crippen LogP contribution in [0.15, 0.2) is 35.5 Å². The van der Waals surface area contributed by atoms with E-state index in [-0.39, 0.29) is 37.0 Å². The van der Waals surface area contributed by atoms with Gasteiger partial charge in [0.05, 0.1) is 22.3 Å². The zero-order chi connectivity index (χ0) is 32.8. The number of nitrogens with zero attached hydrogens (tertiary/aromatic N) is 6. The number of ether oxygens (including phenoxy) is 2. The molecule has 7 heterocycles. The summed E-state index contributed by atoms with van der Waals surface area (Å²) in [4.78, 5) is 35.4. The molecule has 4 aromatic heterocycles. The third-order valence-corrected chi connectivity index (χ3v) is 11.0. The number of anilines is 2. The number of nitrogens with two attached hydrogens (primary N) is 1. The average Bonchev–Trinajstić information content (AvgIpc) is 3.68. The quantitative estimate of drug-likeness (QED) is 0.268. The van der Waals surface area contributed by atoms with E-state index in [0.29, 0.717) is 56.9 Å². The Morgan fingerprint density at radius 3 is 2.77 bits per heavy atom. The van der Waals surface area contributed by atoms with Gasteiger partial charge in [0.25, 0.3) is 11.5 Å². The molecular weight excluding hydrogens is 647 g/mol. The Bertz CT molecular complexity index is 1850. The fourth-order valence-corrected chi connectivity index (χ4v) is 8.43. The molecule has 3 aliphatic heterocycles. The number of aromatic nitrogens is 4. The van der Waals surface area contributed by atoms with Crippen molar-refractivity contribution in [3.8, 4) is 17.0 Å². The number of thiophene rings is 1. The molecule has 3 N–H and O–H groups in total. The van der Waals surface area contributed by atoms with Crippen LogP contribution in [0, 0.1) is 5.82 Å². The lowest BCUT2D eigenvalue weighted by atomic mass is 10.0. The number of nitrogens with one attached hydrogen (secondary N) is 1. The molecule has 2 unspecified atom stereocenters. The van der Waals surface area contributed by atoms with E-state index >= 15 is 0 Å². The van der Waals surface area contributed by atoms with Gasteiger partial charge in [-0.25, -0.2) is 13.9 Å². The van der Waals surface area contributed by atoms with Gasteiger partial charge in [0.2, 0.25) is 0 Å². The first-order valence-electron chi connectivity index (χ1n) is 16.0. The number of hydrogen-bond acceptors (Lipinski definition) is 10. The first kappa shape index (κ1) is 31.9. The van der Waals surface area contributed by atoms with Crippen LogP contribution in [0.3, 0.4) is 0 Å². The molecule has 0 saturated carbocycles. The van der Waals surface area contributed by atoms with Crippen molar-refractivity contribution in [2.24, 2.45) is 0 Å². The van der Waals surface area contributed by atoms with Crippen molar-refractivity contribution in [2.45, 2.75) is 69.3 Å². The van der Waals surface area contributed by atoms with E-state index < -0.39 is 11.4 Å². The minimum atomic E-state index is -0.877. The average molecular weight is 685 g/mol. The van der Waals surface area contributed by atoms with Crippen molar-refractivity contribution in [1.82, 2.24) is 29.4 Å². The molecule has 3 atom stereocenters. The summed E-state index contributed by atoms with van der Waals surface area (Å²) in [5, 5.41) is 7.65. The highest BCUT2D eigenvalue weighted by Gasteiger charge is 2.40. The second kappa shape index (κ2) is 13.1. The minimum absolute atomic E-state index is 0.0591. The van der Waals surface area contributed by atoms with Crippen molar-refractivity contribution in [3.63, 3.8) is 0 Å². The monoisotopic (exact) mass is 684 g/mol. The molecule has 3 fully saturated rings. The van der Waals surface area contributed by atoms with Crippen LogP contribution < -0.4 is 26.2 Å². The predicted molar refractivity (Wildman–Crippen MR) is 179 cm³/mol. The molecule has 1 amide bonds. The molecule has 47 heavy (non-hydrogen) atoms. The molecule has 0 spiro atoms. The summed E-state index contributed by atoms with van der Waals surface area (Å²) in [7, 11) is 3.71. The number of hydrogen-bond donors (Lipinski definition) is 2. The van der Waals surface area contributed by atoms with Gasteiger partial charge in [-0.2, -0.15) is 5.10 Å². The number of rotatable bonds is 9. The summed E-state index contributed by atoms with van der Waals surface area (Å²) in [6.45, 7) is 1.67. The molecule has 15 heteroatoms. The van der Waals surface area contributed by atoms with Crippen molar-refractivity contribution in [1.29, 1.82) is 0 Å². The van der Waals surface area contributed by atoms with Crippen LogP contribution in [-0.4, -0.2) is 88.1 Å². The van der Waals surface area contributed by atoms with E-state index in [2.05, 4.69) is 32.2 Å². The van der Waals surface area contributed by atoms with E-state index in [1.807, 2.05) is 6.07 Å². The van der Waals surface area contributed by atoms with Crippen molar-refractivity contribution in [2.75, 3.05) is 44.5 Å². The largest absolute Gasteiger partial charge is 0.489 e. The van der Waals surface area contributed by atoms with Crippen LogP contribution in [0.25, 0.3) is 16.8 Å². The maximum absolute atomic E-state index is 14.8. The van der Waals surface area contributed by atoms with E-state index in [1.165, 1.54) is 48.2 Å². The Kier molecular flexibility index (Phi) is 8.85. The van der Waals surface area contributed by atoms with Crippen molar-refractivity contribution < 1.29 is 18.7 Å². The number of fused-ring (bicyclic) bond motifs is 3. The fraction of sp³-hybridized carbons (Fsp3) is 0.500. The van der Waals surface area contributed by atoms with Crippen LogP contribution in [0.2, 0.25) is 4.34 Å². The van der Waals surface area contributed by atoms with Gasteiger partial charge in [-0.3, -0.25) is 9.59 Å². The second-order valence-electron chi connectivity index (χ2n) is 12.7. The fourth-order valence-electron chi connectivity index (χ4n) is 7.38. The van der Waals surface area contributed by atoms with Gasteiger partial charge < -0.3 is 34.9 Å². The third-order valence-electron chi connectivity index (χ3n) is 9.76. The number of carbonyl (C=O) groups excluding carboxylic acids is 1. The molecule has 250 valence electrons. The lowest BCUT2D eigenvalue weighted by molar-refractivity contribution is 0.0652. The summed E-state index contributed by atoms with van der Waals surface area (Å²) >= 11 is 7.64. The molecule has 3 aliphatic rings. The zero-order valence-electron chi connectivity index (χ0n) is 26.3. The topological polar surface area (TPSA) is 132 Å². The van der Waals surface area contributed by atoms with E-state index in [9.17, 15) is 14.0 Å². The van der Waals surface area contributed by atoms with E-state index in [4.69, 9.17) is 26.8 Å². The van der Waals surface area contributed by atoms with Crippen LogP contribution in [0.5, 0.6) is 5.75 Å². The van der Waals surface area contributed by atoms with Crippen LogP contribution in [0.1, 0.15) is 48.2 Å². The number of amides is 1. The first-order valence-corrected chi connectivity index (χ1v) is 17.1. The van der Waals surface area contributed by atoms with Gasteiger partial charge in [0.15, 0.2) is 11.6 Å². The Hall–Kier alpha value is -3.72. The molecule has 7 rings (SSSR count). The standard InChI is InChI=1S/C32H38ClFN8O4S/c1-39-20-5-6-21(39)12-22(11-20)46-26-14-27(33)47-29(26)31(43)38-19-4-3-7-40(16-19)25-13-24(42-28(25)30(35)36-17-37-42)18-10-23(34)32(44)41(15-18)8-9-45-2/h10,13-15,17,19-22H,3-9,11-12,16H2,1-2H3,(H,38,43)(H2,35,36,37)/t19-,20?,21?,22?/m1/s1. The Morgan fingerprint density at radius 1 is 1.21 bits per heavy atom. The highest BCUT2D eigenvalue weighted by molar-refractivity contribution is 7.18. The number of nitrogen functional groups attached to an aromatic ring is 1. The van der Waals surface area contributed by atoms with Gasteiger partial charge in [-0.15, -0.1) is 11.3 Å². The Morgan fingerprint density at radius 2 is 2.00 bits per heavy atom. The molecule has 0 aromatic carbocycles. The van der Waals surface area contributed by atoms with Crippen molar-refractivity contribution >= 4 is 45.9 Å². The lowest BCUT2D eigenvalue weighted by Gasteiger charge is -2.36. The summed E-state index contributed by atoms with van der Waals surface area (Å²) < 4.78 is 29.8. The minimum Gasteiger partial charge on any atom is -0.489 e. The van der Waals surface area contributed by atoms with Crippen LogP contribution >= 0.6 is 22.9 Å². The van der Waals surface area contributed by atoms with E-state index in [1.54, 1.807) is 16.8 Å². The number of halogens is 2. The number of piperidine rings is 2. The lowest BCUT2D eigenvalue weighted by Crippen LogP contribution is -2.48. The predicted octanol–water partition coefficient (Wildman–Crippen LogP) is 4.04. The second-order valence-corrected chi connectivity index (χ2v) is 14.3. The molecule has 0 radical (unpaired) electrons. The molecule has 0 aliphatic carbocycles. The van der Waals surface area contributed by atoms with Crippen LogP contribution in [0.4, 0.5) is 15.9 Å². The molecule has 2 bridgehead atoms. The summed E-state index contributed by atoms with van der Waals surface area (Å²) in [5.74, 6) is -0.277. The summed E-state index contributed by atoms with van der Waals surface area (Å²) in [6, 6.07) is 5.71. The SMILES string of the molecule is COCCn1cc(-c2cc(N3CCC[C@@H](NC(=O)c4sc(Cl)cc4OC4CC5CCC(C4)N5C)C3)c3c(N)ncnn23)cc(F)c1=O. The third kappa shape index (κ3) is 6.19. The van der Waals surface area contributed by atoms with Gasteiger partial charge in [-0.1, -0.05) is 11.6 Å². The first-order chi connectivity index (χ1) is 22.7. The zero-order valence-corrected chi connectivity index (χ0v) is 27.9. The molecule has 4 aromatic rings. The Labute approximate surface area is 280 Å². The van der Waals surface area contributed by atoms with Gasteiger partial charge in [0, 0.05) is 62.7 Å². The summed E-state index contributed by atoms with van der Waals surface area (Å²) in [5.41, 5.74) is 7.99. The maximum Gasteiger partial charge on any atom is 0.286 e. The van der Waals surface area contributed by atoms with Gasteiger partial charge in [-0.05, 0) is 57.7 Å². The Balaban J connectivity index is 1.12. The number of carbonyl (C=O) groups is 1. The highest BCUT2D eigenvalue weighted by atomic mass is 35.5. The van der Waals surface area contributed by atoms with E-state index in [0.717, 1.165) is 31.4 Å². The van der Waals surface area contributed by atoms with Gasteiger partial charge in [0.1, 0.15) is 28.6 Å². The molecular formula is C32H38ClFN8O4S. The molecule has 3 saturated heterocycles. The normalized spacial score (nSPS) is 23.0. The smallest absolute Gasteiger partial charge is 0.286 e. The van der Waals surface area contributed by atoms with Crippen molar-refractivity contribution in [3.05, 3.63) is 56.1 Å². The summed E-state index contributed by atoms with van der Waals surface area (Å²) in [6.07, 6.45) is 8.86. The highest BCUT2D eigenvalue weighted by Crippen LogP contribution is 2.40. The maximum atomic E-state index is 14.8.